The molecule has 2 aromatic rings. The van der Waals surface area contributed by atoms with Crippen LogP contribution in [0, 0.1) is 5.92 Å². The van der Waals surface area contributed by atoms with Crippen molar-refractivity contribution in [3.63, 3.8) is 0 Å². The number of rotatable bonds is 6. The van der Waals surface area contributed by atoms with Gasteiger partial charge < -0.3 is 20.7 Å². The Bertz CT molecular complexity index is 878. The molecule has 2 heterocycles. The number of aromatic nitrogens is 1. The second kappa shape index (κ2) is 9.13. The predicted octanol–water partition coefficient (Wildman–Crippen LogP) is 4.64. The maximum absolute atomic E-state index is 12.5. The van der Waals surface area contributed by atoms with Gasteiger partial charge in [-0.2, -0.15) is 0 Å². The highest BCUT2D eigenvalue weighted by molar-refractivity contribution is 9.11. The molecule has 1 fully saturated rings. The van der Waals surface area contributed by atoms with Gasteiger partial charge in [0.05, 0.1) is 11.4 Å². The maximum atomic E-state index is 12.5. The molecule has 1 aliphatic heterocycles. The van der Waals surface area contributed by atoms with E-state index in [1.165, 1.54) is 11.3 Å². The van der Waals surface area contributed by atoms with Crippen LogP contribution in [0.1, 0.15) is 43.6 Å². The van der Waals surface area contributed by atoms with Gasteiger partial charge >= 0.3 is 6.09 Å². The fourth-order valence-corrected chi connectivity index (χ4v) is 4.78. The Morgan fingerprint density at radius 2 is 2.03 bits per heavy atom. The highest BCUT2D eigenvalue weighted by Crippen LogP contribution is 2.33. The van der Waals surface area contributed by atoms with Gasteiger partial charge in [0, 0.05) is 18.5 Å². The fourth-order valence-electron chi connectivity index (χ4n) is 3.78. The summed E-state index contributed by atoms with van der Waals surface area (Å²) in [4.78, 5) is 30.0. The van der Waals surface area contributed by atoms with Crippen LogP contribution in [0.25, 0.3) is 0 Å². The number of primary amides is 1. The zero-order chi connectivity index (χ0) is 21.0. The molecule has 0 saturated carbocycles. The number of thiazole rings is 1. The molecule has 0 aliphatic carbocycles. The summed E-state index contributed by atoms with van der Waals surface area (Å²) in [5.74, 6) is 0.231. The number of amides is 2. The van der Waals surface area contributed by atoms with E-state index < -0.39 is 11.7 Å². The predicted molar refractivity (Wildman–Crippen MR) is 119 cm³/mol. The first-order valence-electron chi connectivity index (χ1n) is 9.48. The van der Waals surface area contributed by atoms with Crippen molar-refractivity contribution in [2.75, 3.05) is 23.3 Å². The minimum absolute atomic E-state index is 0.223. The van der Waals surface area contributed by atoms with Crippen LogP contribution >= 0.6 is 27.3 Å². The lowest BCUT2D eigenvalue weighted by Crippen LogP contribution is -2.39. The summed E-state index contributed by atoms with van der Waals surface area (Å²) < 4.78 is 5.91. The molecule has 1 aromatic carbocycles. The Labute approximate surface area is 182 Å². The molecule has 29 heavy (non-hydrogen) atoms. The molecule has 1 saturated heterocycles. The maximum Gasteiger partial charge on any atom is 0.405 e. The minimum atomic E-state index is -0.732. The number of halogens is 1. The number of hydrogen-bond acceptors (Lipinski definition) is 6. The molecule has 3 rings (SSSR count). The first-order chi connectivity index (χ1) is 13.7. The molecule has 156 valence electrons. The van der Waals surface area contributed by atoms with Crippen LogP contribution in [-0.4, -0.2) is 35.7 Å². The van der Waals surface area contributed by atoms with Crippen molar-refractivity contribution >= 4 is 50.6 Å². The Balaban J connectivity index is 1.62. The molecule has 2 amide bonds. The lowest BCUT2D eigenvalue weighted by atomic mass is 9.86. The number of carbonyl (C=O) groups excluding carboxylic acids is 2. The highest BCUT2D eigenvalue weighted by Gasteiger charge is 2.29. The molecule has 1 aromatic heterocycles. The Morgan fingerprint density at radius 1 is 1.34 bits per heavy atom. The van der Waals surface area contributed by atoms with Gasteiger partial charge in [-0.05, 0) is 67.1 Å². The summed E-state index contributed by atoms with van der Waals surface area (Å²) in [5, 5.41) is 4.71. The van der Waals surface area contributed by atoms with E-state index in [0.717, 1.165) is 43.7 Å². The normalized spacial score (nSPS) is 15.2. The van der Waals surface area contributed by atoms with Gasteiger partial charge in [0.25, 0.3) is 5.91 Å². The number of benzene rings is 1. The molecule has 0 bridgehead atoms. The topological polar surface area (TPSA) is 97.6 Å². The second-order valence-corrected chi connectivity index (χ2v) is 9.91. The highest BCUT2D eigenvalue weighted by atomic mass is 79.9. The van der Waals surface area contributed by atoms with Crippen molar-refractivity contribution in [1.29, 1.82) is 0 Å². The van der Waals surface area contributed by atoms with E-state index >= 15 is 0 Å². The van der Waals surface area contributed by atoms with Crippen molar-refractivity contribution in [2.24, 2.45) is 11.7 Å². The molecule has 0 unspecified atom stereocenters. The van der Waals surface area contributed by atoms with Crippen LogP contribution in [0.2, 0.25) is 0 Å². The van der Waals surface area contributed by atoms with Gasteiger partial charge in [0.1, 0.15) is 11.3 Å². The van der Waals surface area contributed by atoms with Crippen molar-refractivity contribution in [2.45, 2.75) is 38.7 Å². The Hall–Kier alpha value is -2.13. The van der Waals surface area contributed by atoms with Crippen LogP contribution in [0.5, 0.6) is 0 Å². The first kappa shape index (κ1) is 21.6. The molecule has 0 atom stereocenters. The van der Waals surface area contributed by atoms with Crippen LogP contribution in [0.3, 0.4) is 0 Å². The van der Waals surface area contributed by atoms with Gasteiger partial charge in [0.15, 0.2) is 3.92 Å². The van der Waals surface area contributed by atoms with Gasteiger partial charge in [-0.1, -0.05) is 12.1 Å². The van der Waals surface area contributed by atoms with Crippen LogP contribution in [0.4, 0.5) is 16.2 Å². The average molecular weight is 481 g/mol. The van der Waals surface area contributed by atoms with E-state index in [-0.39, 0.29) is 5.91 Å². The van der Waals surface area contributed by atoms with E-state index in [1.807, 2.05) is 38.1 Å². The number of nitrogens with zero attached hydrogens (tertiary/aromatic N) is 2. The Kier molecular flexibility index (Phi) is 6.79. The van der Waals surface area contributed by atoms with Gasteiger partial charge in [-0.3, -0.25) is 4.79 Å². The van der Waals surface area contributed by atoms with Gasteiger partial charge in [-0.25, -0.2) is 9.78 Å². The van der Waals surface area contributed by atoms with Crippen molar-refractivity contribution in [3.05, 3.63) is 39.3 Å². The Morgan fingerprint density at radius 3 is 2.66 bits per heavy atom. The first-order valence-corrected chi connectivity index (χ1v) is 11.2. The van der Waals surface area contributed by atoms with E-state index in [1.54, 1.807) is 5.38 Å². The third kappa shape index (κ3) is 5.93. The monoisotopic (exact) mass is 480 g/mol. The molecule has 0 radical (unpaired) electrons. The van der Waals surface area contributed by atoms with Gasteiger partial charge in [-0.15, -0.1) is 11.3 Å². The van der Waals surface area contributed by atoms with Crippen LogP contribution < -0.4 is 16.0 Å². The molecule has 0 spiro atoms. The molecule has 1 aliphatic rings. The summed E-state index contributed by atoms with van der Waals surface area (Å²) >= 11 is 4.67. The number of hydrogen-bond donors (Lipinski definition) is 2. The summed E-state index contributed by atoms with van der Waals surface area (Å²) in [6.45, 7) is 5.52. The van der Waals surface area contributed by atoms with E-state index in [0.29, 0.717) is 15.5 Å². The molecule has 9 heteroatoms. The van der Waals surface area contributed by atoms with Crippen molar-refractivity contribution in [3.8, 4) is 0 Å². The largest absolute Gasteiger partial charge is 0.444 e. The summed E-state index contributed by atoms with van der Waals surface area (Å²) in [6.07, 6.45) is 2.00. The molecular formula is C20H25BrN4O3S. The molecule has 7 nitrogen and oxygen atoms in total. The average Bonchev–Trinajstić information content (AvgIpc) is 3.08. The van der Waals surface area contributed by atoms with E-state index in [4.69, 9.17) is 10.5 Å². The third-order valence-corrected chi connectivity index (χ3v) is 6.34. The van der Waals surface area contributed by atoms with Crippen molar-refractivity contribution < 1.29 is 14.3 Å². The summed E-state index contributed by atoms with van der Waals surface area (Å²) in [5.41, 5.74) is 6.78. The van der Waals surface area contributed by atoms with Crippen LogP contribution in [-0.2, 0) is 4.74 Å². The summed E-state index contributed by atoms with van der Waals surface area (Å²) in [7, 11) is 0. The number of carbonyl (C=O) groups is 2. The lowest BCUT2D eigenvalue weighted by molar-refractivity contribution is 0.0236. The smallest absolute Gasteiger partial charge is 0.405 e. The van der Waals surface area contributed by atoms with E-state index in [9.17, 15) is 9.59 Å². The van der Waals surface area contributed by atoms with Crippen molar-refractivity contribution in [1.82, 2.24) is 4.98 Å². The lowest BCUT2D eigenvalue weighted by Gasteiger charge is -2.37. The number of nitrogens with two attached hydrogens (primary N) is 1. The molecule has 3 N–H and O–H groups in total. The fraction of sp³-hybridized carbons (Fsp3) is 0.450. The molecular weight excluding hydrogens is 456 g/mol. The second-order valence-electron chi connectivity index (χ2n) is 7.77. The number of ether oxygens (including phenoxy) is 1. The minimum Gasteiger partial charge on any atom is -0.444 e. The quantitative estimate of drug-likeness (QED) is 0.627. The number of piperidine rings is 1. The van der Waals surface area contributed by atoms with Gasteiger partial charge in [0.2, 0.25) is 0 Å². The zero-order valence-electron chi connectivity index (χ0n) is 16.5. The van der Waals surface area contributed by atoms with Crippen LogP contribution in [0.15, 0.2) is 33.6 Å². The number of para-hydroxylation sites is 2. The van der Waals surface area contributed by atoms with E-state index in [2.05, 4.69) is 31.1 Å². The summed E-state index contributed by atoms with van der Waals surface area (Å²) in [6, 6.07) is 7.81. The third-order valence-electron chi connectivity index (χ3n) is 4.97. The number of nitrogens with one attached hydrogen (secondary N) is 1. The SMILES string of the molecule is CC(C)(CC1CCN(c2ccccc2NC(=O)c2csc(Br)n2)CC1)OC(N)=O. The standard InChI is InChI=1S/C20H25BrN4O3S/c1-20(2,28-19(22)27)11-13-7-9-25(10-8-13)16-6-4-3-5-14(16)23-17(26)15-12-29-18(21)24-15/h3-6,12-13H,7-11H2,1-2H3,(H2,22,27)(H,23,26). The number of anilines is 2. The zero-order valence-corrected chi connectivity index (χ0v) is 18.9.